The second-order valence-electron chi connectivity index (χ2n) is 8.59. The number of carbonyl (C=O) groups is 2. The first kappa shape index (κ1) is 21.7. The van der Waals surface area contributed by atoms with Crippen LogP contribution in [0.15, 0.2) is 18.2 Å². The molecular formula is C22H35N5O4+2. The number of hydrogen-bond acceptors (Lipinski definition) is 4. The van der Waals surface area contributed by atoms with Crippen molar-refractivity contribution in [3.63, 3.8) is 0 Å². The summed E-state index contributed by atoms with van der Waals surface area (Å²) in [4.78, 5) is 29.8. The van der Waals surface area contributed by atoms with Gasteiger partial charge in [-0.3, -0.25) is 4.79 Å². The number of likely N-dealkylation sites (N-methyl/N-ethyl adjacent to an activating group) is 1. The summed E-state index contributed by atoms with van der Waals surface area (Å²) in [5.41, 5.74) is 0.770. The molecule has 0 unspecified atom stereocenters. The smallest absolute Gasteiger partial charge is 0.315 e. The van der Waals surface area contributed by atoms with Crippen molar-refractivity contribution in [2.75, 3.05) is 70.5 Å². The number of amides is 3. The van der Waals surface area contributed by atoms with E-state index in [4.69, 9.17) is 9.47 Å². The number of urea groups is 1. The van der Waals surface area contributed by atoms with Crippen molar-refractivity contribution in [2.24, 2.45) is 0 Å². The Balaban J connectivity index is 1.17. The monoisotopic (exact) mass is 433 g/mol. The summed E-state index contributed by atoms with van der Waals surface area (Å²) in [5, 5.41) is 5.89. The summed E-state index contributed by atoms with van der Waals surface area (Å²) in [6, 6.07) is 5.13. The molecule has 4 rings (SSSR count). The maximum Gasteiger partial charge on any atom is 0.315 e. The molecule has 3 aliphatic heterocycles. The Kier molecular flexibility index (Phi) is 7.14. The van der Waals surface area contributed by atoms with Crippen LogP contribution < -0.4 is 34.8 Å². The average molecular weight is 434 g/mol. The molecule has 3 heterocycles. The molecule has 1 atom stereocenters. The first-order valence-electron chi connectivity index (χ1n) is 11.5. The molecule has 3 aliphatic rings. The van der Waals surface area contributed by atoms with Gasteiger partial charge in [-0.1, -0.05) is 0 Å². The highest BCUT2D eigenvalue weighted by Crippen LogP contribution is 2.35. The lowest BCUT2D eigenvalue weighted by molar-refractivity contribution is -1.01. The third-order valence-corrected chi connectivity index (χ3v) is 6.45. The predicted molar refractivity (Wildman–Crippen MR) is 116 cm³/mol. The van der Waals surface area contributed by atoms with Crippen LogP contribution in [0.25, 0.3) is 0 Å². The number of fused-ring (bicyclic) bond motifs is 1. The molecule has 1 aromatic carbocycles. The normalized spacial score (nSPS) is 25.4. The standard InChI is InChI=1S/C22H33N5O4/c1-2-25-8-10-26(11-9-25)7-3-6-23-22(29)24-17-14-21(28)27(16-17)18-4-5-19-20(15-18)31-13-12-30-19/h4-5,15,17H,2-3,6-14,16H2,1H3,(H2,23,24,29)/p+2/t17-/m0/s1. The van der Waals surface area contributed by atoms with Crippen molar-refractivity contribution in [3.8, 4) is 11.5 Å². The number of carbonyl (C=O) groups excluding carboxylic acids is 2. The van der Waals surface area contributed by atoms with Crippen LogP contribution in [0.4, 0.5) is 10.5 Å². The zero-order valence-corrected chi connectivity index (χ0v) is 18.4. The first-order chi connectivity index (χ1) is 15.1. The van der Waals surface area contributed by atoms with Crippen LogP contribution in [0, 0.1) is 0 Å². The third kappa shape index (κ3) is 5.59. The van der Waals surface area contributed by atoms with Gasteiger partial charge >= 0.3 is 6.03 Å². The Morgan fingerprint density at radius 2 is 1.87 bits per heavy atom. The minimum atomic E-state index is -0.198. The number of benzene rings is 1. The van der Waals surface area contributed by atoms with Gasteiger partial charge in [0.15, 0.2) is 11.5 Å². The molecule has 2 saturated heterocycles. The SMILES string of the molecule is CC[NH+]1CC[NH+](CCCNC(=O)N[C@H]2CC(=O)N(c3ccc4c(c3)OCCO4)C2)CC1. The molecule has 0 radical (unpaired) electrons. The number of nitrogens with one attached hydrogen (secondary N) is 4. The second-order valence-corrected chi connectivity index (χ2v) is 8.59. The van der Waals surface area contributed by atoms with Crippen molar-refractivity contribution in [2.45, 2.75) is 25.8 Å². The van der Waals surface area contributed by atoms with Crippen LogP contribution >= 0.6 is 0 Å². The van der Waals surface area contributed by atoms with Gasteiger partial charge in [-0.15, -0.1) is 0 Å². The van der Waals surface area contributed by atoms with Crippen molar-refractivity contribution in [1.82, 2.24) is 10.6 Å². The van der Waals surface area contributed by atoms with E-state index in [9.17, 15) is 9.59 Å². The Morgan fingerprint density at radius 3 is 2.65 bits per heavy atom. The fourth-order valence-electron chi connectivity index (χ4n) is 4.59. The van der Waals surface area contributed by atoms with Gasteiger partial charge in [-0.05, 0) is 19.1 Å². The van der Waals surface area contributed by atoms with E-state index >= 15 is 0 Å². The fraction of sp³-hybridized carbons (Fsp3) is 0.636. The quantitative estimate of drug-likeness (QED) is 0.377. The van der Waals surface area contributed by atoms with Gasteiger partial charge in [0.05, 0.1) is 19.1 Å². The van der Waals surface area contributed by atoms with Gasteiger partial charge in [0.2, 0.25) is 5.91 Å². The highest BCUT2D eigenvalue weighted by Gasteiger charge is 2.32. The molecule has 0 bridgehead atoms. The van der Waals surface area contributed by atoms with E-state index in [1.165, 1.54) is 32.7 Å². The second kappa shape index (κ2) is 10.2. The van der Waals surface area contributed by atoms with Gasteiger partial charge in [-0.25, -0.2) is 4.79 Å². The maximum absolute atomic E-state index is 12.5. The maximum atomic E-state index is 12.5. The van der Waals surface area contributed by atoms with E-state index in [1.54, 1.807) is 14.7 Å². The highest BCUT2D eigenvalue weighted by atomic mass is 16.6. The molecule has 0 aliphatic carbocycles. The number of nitrogens with zero attached hydrogens (tertiary/aromatic N) is 1. The molecule has 4 N–H and O–H groups in total. The third-order valence-electron chi connectivity index (χ3n) is 6.45. The summed E-state index contributed by atoms with van der Waals surface area (Å²) in [7, 11) is 0. The van der Waals surface area contributed by atoms with Crippen molar-refractivity contribution >= 4 is 17.6 Å². The Morgan fingerprint density at radius 1 is 1.13 bits per heavy atom. The van der Waals surface area contributed by atoms with E-state index in [0.29, 0.717) is 44.2 Å². The van der Waals surface area contributed by atoms with Gasteiger partial charge in [0, 0.05) is 37.7 Å². The zero-order chi connectivity index (χ0) is 21.6. The number of anilines is 1. The molecular weight excluding hydrogens is 398 g/mol. The van der Waals surface area contributed by atoms with E-state index < -0.39 is 0 Å². The van der Waals surface area contributed by atoms with E-state index in [1.807, 2.05) is 18.2 Å². The lowest BCUT2D eigenvalue weighted by atomic mass is 10.2. The minimum Gasteiger partial charge on any atom is -0.486 e. The Labute approximate surface area is 183 Å². The molecule has 3 amide bonds. The molecule has 0 saturated carbocycles. The topological polar surface area (TPSA) is 88.8 Å². The van der Waals surface area contributed by atoms with Crippen molar-refractivity contribution < 1.29 is 28.9 Å². The molecule has 9 nitrogen and oxygen atoms in total. The number of piperazine rings is 1. The summed E-state index contributed by atoms with van der Waals surface area (Å²) in [5.74, 6) is 1.36. The molecule has 170 valence electrons. The first-order valence-corrected chi connectivity index (χ1v) is 11.5. The van der Waals surface area contributed by atoms with Crippen LogP contribution in [0.3, 0.4) is 0 Å². The van der Waals surface area contributed by atoms with Gasteiger partial charge in [0.1, 0.15) is 39.4 Å². The fourth-order valence-corrected chi connectivity index (χ4v) is 4.59. The Bertz CT molecular complexity index is 781. The largest absolute Gasteiger partial charge is 0.486 e. The van der Waals surface area contributed by atoms with Crippen LogP contribution in [0.5, 0.6) is 11.5 Å². The molecule has 2 fully saturated rings. The van der Waals surface area contributed by atoms with Crippen LogP contribution in [-0.2, 0) is 4.79 Å². The summed E-state index contributed by atoms with van der Waals surface area (Å²) in [6.07, 6.45) is 1.27. The Hall–Kier alpha value is -2.52. The number of quaternary nitrogens is 2. The van der Waals surface area contributed by atoms with Crippen LogP contribution in [-0.4, -0.2) is 83.6 Å². The molecule has 31 heavy (non-hydrogen) atoms. The lowest BCUT2D eigenvalue weighted by Crippen LogP contribution is -3.28. The highest BCUT2D eigenvalue weighted by molar-refractivity contribution is 5.97. The molecule has 9 heteroatoms. The lowest BCUT2D eigenvalue weighted by Gasteiger charge is -2.29. The van der Waals surface area contributed by atoms with Crippen molar-refractivity contribution in [3.05, 3.63) is 18.2 Å². The molecule has 0 aromatic heterocycles. The number of hydrogen-bond donors (Lipinski definition) is 4. The van der Waals surface area contributed by atoms with E-state index in [0.717, 1.165) is 18.7 Å². The van der Waals surface area contributed by atoms with Crippen LogP contribution in [0.2, 0.25) is 0 Å². The predicted octanol–water partition coefficient (Wildman–Crippen LogP) is -1.94. The van der Waals surface area contributed by atoms with Crippen LogP contribution in [0.1, 0.15) is 19.8 Å². The average Bonchev–Trinajstić information content (AvgIpc) is 3.16. The zero-order valence-electron chi connectivity index (χ0n) is 18.4. The summed E-state index contributed by atoms with van der Waals surface area (Å²) < 4.78 is 11.2. The van der Waals surface area contributed by atoms with Crippen molar-refractivity contribution in [1.29, 1.82) is 0 Å². The molecule has 0 spiro atoms. The number of ether oxygens (including phenoxy) is 2. The summed E-state index contributed by atoms with van der Waals surface area (Å²) in [6.45, 7) is 11.6. The van der Waals surface area contributed by atoms with E-state index in [2.05, 4.69) is 17.6 Å². The molecule has 1 aromatic rings. The van der Waals surface area contributed by atoms with Gasteiger partial charge in [0.25, 0.3) is 0 Å². The van der Waals surface area contributed by atoms with Gasteiger partial charge in [-0.2, -0.15) is 0 Å². The summed E-state index contributed by atoms with van der Waals surface area (Å²) >= 11 is 0. The van der Waals surface area contributed by atoms with E-state index in [-0.39, 0.29) is 18.0 Å². The van der Waals surface area contributed by atoms with Gasteiger partial charge < -0.3 is 34.8 Å². The minimum absolute atomic E-state index is 0.000991. The number of rotatable bonds is 7.